The average Bonchev–Trinajstić information content (AvgIpc) is 3.00. The Morgan fingerprint density at radius 1 is 0.837 bits per heavy atom. The van der Waals surface area contributed by atoms with Crippen molar-refractivity contribution in [3.05, 3.63) is 101 Å². The summed E-state index contributed by atoms with van der Waals surface area (Å²) < 4.78 is 16.2. The third-order valence-electron chi connectivity index (χ3n) is 6.87. The lowest BCUT2D eigenvalue weighted by molar-refractivity contribution is -0.137. The van der Waals surface area contributed by atoms with Crippen LogP contribution in [-0.2, 0) is 16.1 Å². The van der Waals surface area contributed by atoms with Gasteiger partial charge in [0.2, 0.25) is 5.91 Å². The second kappa shape index (κ2) is 14.6. The van der Waals surface area contributed by atoms with Gasteiger partial charge >= 0.3 is 0 Å². The van der Waals surface area contributed by atoms with Gasteiger partial charge in [-0.3, -0.25) is 9.59 Å². The lowest BCUT2D eigenvalue weighted by Crippen LogP contribution is -2.42. The van der Waals surface area contributed by atoms with E-state index in [2.05, 4.69) is 15.3 Å². The van der Waals surface area contributed by atoms with Crippen LogP contribution < -0.4 is 19.5 Å². The first-order valence-corrected chi connectivity index (χ1v) is 14.7. The fourth-order valence-corrected chi connectivity index (χ4v) is 5.46. The summed E-state index contributed by atoms with van der Waals surface area (Å²) in [4.78, 5) is 38.9. The third-order valence-corrected chi connectivity index (χ3v) is 7.70. The lowest BCUT2D eigenvalue weighted by Gasteiger charge is -2.32. The van der Waals surface area contributed by atoms with E-state index >= 15 is 0 Å². The Morgan fingerprint density at radius 3 is 2.12 bits per heavy atom. The van der Waals surface area contributed by atoms with Gasteiger partial charge in [0, 0.05) is 24.0 Å². The van der Waals surface area contributed by atoms with Crippen molar-refractivity contribution in [3.63, 3.8) is 0 Å². The molecule has 4 aromatic rings. The van der Waals surface area contributed by atoms with Crippen LogP contribution in [0.4, 0.5) is 5.69 Å². The van der Waals surface area contributed by atoms with Crippen LogP contribution in [0, 0.1) is 20.8 Å². The number of nitrogens with zero attached hydrogens (tertiary/aromatic N) is 3. The average molecular weight is 601 g/mol. The van der Waals surface area contributed by atoms with Crippen molar-refractivity contribution in [2.24, 2.45) is 0 Å². The summed E-state index contributed by atoms with van der Waals surface area (Å²) >= 11 is 1.25. The number of aromatic nitrogens is 2. The van der Waals surface area contributed by atoms with Crippen molar-refractivity contribution < 1.29 is 23.8 Å². The van der Waals surface area contributed by atoms with Crippen molar-refractivity contribution in [2.45, 2.75) is 38.5 Å². The fourth-order valence-electron chi connectivity index (χ4n) is 4.62. The van der Waals surface area contributed by atoms with Crippen LogP contribution in [0.15, 0.2) is 78.0 Å². The van der Waals surface area contributed by atoms with Gasteiger partial charge < -0.3 is 24.4 Å². The molecule has 1 N–H and O–H groups in total. The highest BCUT2D eigenvalue weighted by molar-refractivity contribution is 7.99. The highest BCUT2D eigenvalue weighted by Gasteiger charge is 2.33. The molecule has 0 spiro atoms. The molecule has 0 unspecified atom stereocenters. The number of ether oxygens (including phenoxy) is 3. The molecule has 9 nitrogen and oxygen atoms in total. The molecule has 4 rings (SSSR count). The Morgan fingerprint density at radius 2 is 1.49 bits per heavy atom. The SMILES string of the molecule is COc1ccc([C@H](C(=O)Nc2ccc(OC)cc2OC)N(Cc2ccccc2C)C(=O)CSc2nc(C)cc(C)n2)cc1. The topological polar surface area (TPSA) is 103 Å². The molecule has 0 bridgehead atoms. The zero-order valence-electron chi connectivity index (χ0n) is 25.2. The number of nitrogens with one attached hydrogen (secondary N) is 1. The molecular weight excluding hydrogens is 564 g/mol. The predicted molar refractivity (Wildman–Crippen MR) is 168 cm³/mol. The Balaban J connectivity index is 1.75. The number of carbonyl (C=O) groups excluding carboxylic acids is 2. The van der Waals surface area contributed by atoms with Crippen molar-refractivity contribution in [1.82, 2.24) is 14.9 Å². The maximum Gasteiger partial charge on any atom is 0.251 e. The molecule has 10 heteroatoms. The van der Waals surface area contributed by atoms with Gasteiger partial charge in [-0.1, -0.05) is 48.2 Å². The fraction of sp³-hybridized carbons (Fsp3) is 0.273. The Labute approximate surface area is 256 Å². The maximum absolute atomic E-state index is 14.2. The summed E-state index contributed by atoms with van der Waals surface area (Å²) in [6.45, 7) is 5.98. The second-order valence-corrected chi connectivity index (χ2v) is 10.8. The summed E-state index contributed by atoms with van der Waals surface area (Å²) in [5.74, 6) is 1.06. The number of rotatable bonds is 12. The van der Waals surface area contributed by atoms with E-state index in [0.29, 0.717) is 33.7 Å². The van der Waals surface area contributed by atoms with Crippen molar-refractivity contribution in [1.29, 1.82) is 0 Å². The molecule has 0 aliphatic carbocycles. The summed E-state index contributed by atoms with van der Waals surface area (Å²) in [5.41, 5.74) is 4.66. The summed E-state index contributed by atoms with van der Waals surface area (Å²) in [6, 6.07) is 21.0. The monoisotopic (exact) mass is 600 g/mol. The second-order valence-electron chi connectivity index (χ2n) is 9.90. The van der Waals surface area contributed by atoms with Crippen LogP contribution in [0.2, 0.25) is 0 Å². The van der Waals surface area contributed by atoms with Gasteiger partial charge in [-0.15, -0.1) is 0 Å². The largest absolute Gasteiger partial charge is 0.497 e. The molecule has 0 aliphatic heterocycles. The molecule has 3 aromatic carbocycles. The van der Waals surface area contributed by atoms with E-state index in [4.69, 9.17) is 14.2 Å². The number of anilines is 1. The molecule has 43 heavy (non-hydrogen) atoms. The summed E-state index contributed by atoms with van der Waals surface area (Å²) in [7, 11) is 4.66. The highest BCUT2D eigenvalue weighted by Crippen LogP contribution is 2.33. The van der Waals surface area contributed by atoms with E-state index in [9.17, 15) is 9.59 Å². The summed E-state index contributed by atoms with van der Waals surface area (Å²) in [5, 5.41) is 3.50. The first-order chi connectivity index (χ1) is 20.7. The van der Waals surface area contributed by atoms with Crippen LogP contribution >= 0.6 is 11.8 Å². The van der Waals surface area contributed by atoms with Crippen molar-refractivity contribution in [3.8, 4) is 17.2 Å². The van der Waals surface area contributed by atoms with E-state index in [1.165, 1.54) is 18.9 Å². The normalized spacial score (nSPS) is 11.4. The molecule has 0 fully saturated rings. The van der Waals surface area contributed by atoms with Crippen LogP contribution in [0.1, 0.15) is 34.1 Å². The first kappa shape index (κ1) is 31.4. The predicted octanol–water partition coefficient (Wildman–Crippen LogP) is 5.93. The minimum Gasteiger partial charge on any atom is -0.497 e. The van der Waals surface area contributed by atoms with E-state index in [-0.39, 0.29) is 18.2 Å². The molecule has 0 aliphatic rings. The first-order valence-electron chi connectivity index (χ1n) is 13.7. The number of methoxy groups -OCH3 is 3. The molecule has 1 aromatic heterocycles. The molecule has 0 saturated heterocycles. The highest BCUT2D eigenvalue weighted by atomic mass is 32.2. The standard InChI is InChI=1S/C33H36N4O5S/c1-21-9-7-8-10-25(21)19-37(30(38)20-43-33-34-22(2)17-23(3)35-33)31(24-11-13-26(40-4)14-12-24)32(39)36-28-16-15-27(41-5)18-29(28)42-6/h7-18,31H,19-20H2,1-6H3,(H,36,39)/t31-/m1/s1. The molecule has 0 radical (unpaired) electrons. The molecule has 2 amide bonds. The van der Waals surface area contributed by atoms with Crippen LogP contribution in [0.3, 0.4) is 0 Å². The molecular formula is C33H36N4O5S. The van der Waals surface area contributed by atoms with E-state index < -0.39 is 11.9 Å². The van der Waals surface area contributed by atoms with Crippen molar-refractivity contribution >= 4 is 29.3 Å². The minimum atomic E-state index is -0.981. The number of hydrogen-bond acceptors (Lipinski definition) is 8. The third kappa shape index (κ3) is 8.04. The Hall–Kier alpha value is -4.57. The number of amides is 2. The number of hydrogen-bond donors (Lipinski definition) is 1. The van der Waals surface area contributed by atoms with E-state index in [0.717, 1.165) is 22.5 Å². The van der Waals surface area contributed by atoms with Gasteiger partial charge in [0.25, 0.3) is 5.91 Å². The van der Waals surface area contributed by atoms with Crippen LogP contribution in [0.5, 0.6) is 17.2 Å². The van der Waals surface area contributed by atoms with Gasteiger partial charge in [0.1, 0.15) is 23.3 Å². The maximum atomic E-state index is 14.2. The lowest BCUT2D eigenvalue weighted by atomic mass is 10.0. The number of carbonyl (C=O) groups is 2. The number of aryl methyl sites for hydroxylation is 3. The number of thioether (sulfide) groups is 1. The van der Waals surface area contributed by atoms with E-state index in [1.807, 2.05) is 51.1 Å². The van der Waals surface area contributed by atoms with Gasteiger partial charge in [0.05, 0.1) is 32.8 Å². The van der Waals surface area contributed by atoms with Gasteiger partial charge in [-0.25, -0.2) is 9.97 Å². The molecule has 1 atom stereocenters. The van der Waals surface area contributed by atoms with Crippen molar-refractivity contribution in [2.75, 3.05) is 32.4 Å². The quantitative estimate of drug-likeness (QED) is 0.158. The zero-order chi connectivity index (χ0) is 30.9. The minimum absolute atomic E-state index is 0.0422. The molecule has 0 saturated carbocycles. The summed E-state index contributed by atoms with van der Waals surface area (Å²) in [6.07, 6.45) is 0. The van der Waals surface area contributed by atoms with Gasteiger partial charge in [0.15, 0.2) is 5.16 Å². The van der Waals surface area contributed by atoms with Gasteiger partial charge in [-0.05, 0) is 67.8 Å². The van der Waals surface area contributed by atoms with Crippen LogP contribution in [0.25, 0.3) is 0 Å². The molecule has 224 valence electrons. The zero-order valence-corrected chi connectivity index (χ0v) is 26.0. The Bertz CT molecular complexity index is 1560. The molecule has 1 heterocycles. The Kier molecular flexibility index (Phi) is 10.6. The smallest absolute Gasteiger partial charge is 0.251 e. The number of benzene rings is 3. The van der Waals surface area contributed by atoms with E-state index in [1.54, 1.807) is 61.6 Å². The van der Waals surface area contributed by atoms with Gasteiger partial charge in [-0.2, -0.15) is 0 Å². The van der Waals surface area contributed by atoms with Crippen LogP contribution in [-0.4, -0.2) is 53.8 Å².